The number of rotatable bonds is 4. The van der Waals surface area contributed by atoms with E-state index >= 15 is 0 Å². The van der Waals surface area contributed by atoms with Gasteiger partial charge in [-0.05, 0) is 25.0 Å². The molecule has 0 unspecified atom stereocenters. The molecule has 1 aromatic carbocycles. The van der Waals surface area contributed by atoms with E-state index in [9.17, 15) is 14.4 Å². The Balaban J connectivity index is 1.65. The van der Waals surface area contributed by atoms with Crippen LogP contribution in [-0.2, 0) is 9.53 Å². The number of thiazole rings is 1. The maximum absolute atomic E-state index is 12.5. The zero-order chi connectivity index (χ0) is 19.4. The van der Waals surface area contributed by atoms with E-state index in [4.69, 9.17) is 4.74 Å². The summed E-state index contributed by atoms with van der Waals surface area (Å²) >= 11 is 1.28. The molecular weight excluding hydrogens is 366 g/mol. The van der Waals surface area contributed by atoms with E-state index in [1.165, 1.54) is 18.4 Å². The van der Waals surface area contributed by atoms with Crippen molar-refractivity contribution in [3.63, 3.8) is 0 Å². The number of aromatic nitrogens is 1. The van der Waals surface area contributed by atoms with Crippen molar-refractivity contribution in [2.45, 2.75) is 25.8 Å². The molecule has 0 aliphatic carbocycles. The Morgan fingerprint density at radius 3 is 2.67 bits per heavy atom. The van der Waals surface area contributed by atoms with Crippen LogP contribution in [0.15, 0.2) is 30.5 Å². The maximum atomic E-state index is 12.5. The first kappa shape index (κ1) is 19.0. The second-order valence-electron chi connectivity index (χ2n) is 6.36. The molecule has 0 spiro atoms. The number of ether oxygens (including phenoxy) is 1. The number of methoxy groups -OCH3 is 1. The highest BCUT2D eigenvalue weighted by Crippen LogP contribution is 2.26. The molecule has 0 bridgehead atoms. The molecule has 1 aliphatic heterocycles. The van der Waals surface area contributed by atoms with Gasteiger partial charge in [0.15, 0.2) is 0 Å². The lowest BCUT2D eigenvalue weighted by atomic mass is 10.1. The van der Waals surface area contributed by atoms with Crippen LogP contribution in [0.2, 0.25) is 0 Å². The average molecular weight is 387 g/mol. The Hall–Kier alpha value is -2.74. The maximum Gasteiger partial charge on any atom is 0.337 e. The Morgan fingerprint density at radius 2 is 2.00 bits per heavy atom. The summed E-state index contributed by atoms with van der Waals surface area (Å²) in [5, 5.41) is 3.68. The van der Waals surface area contributed by atoms with Crippen molar-refractivity contribution in [3.8, 4) is 10.6 Å². The number of likely N-dealkylation sites (tertiary alicyclic amines) is 1. The molecule has 2 amide bonds. The van der Waals surface area contributed by atoms with Crippen molar-refractivity contribution in [1.82, 2.24) is 15.2 Å². The van der Waals surface area contributed by atoms with Crippen LogP contribution in [0.5, 0.6) is 0 Å². The molecule has 142 valence electrons. The third-order valence-electron chi connectivity index (χ3n) is 4.54. The van der Waals surface area contributed by atoms with Gasteiger partial charge >= 0.3 is 5.97 Å². The van der Waals surface area contributed by atoms with Gasteiger partial charge in [-0.2, -0.15) is 0 Å². The van der Waals surface area contributed by atoms with Gasteiger partial charge in [-0.1, -0.05) is 12.1 Å². The summed E-state index contributed by atoms with van der Waals surface area (Å²) in [7, 11) is 1.34. The monoisotopic (exact) mass is 387 g/mol. The number of hydrogen-bond acceptors (Lipinski definition) is 6. The summed E-state index contributed by atoms with van der Waals surface area (Å²) in [5.74, 6) is -0.506. The third-order valence-corrected chi connectivity index (χ3v) is 5.58. The topological polar surface area (TPSA) is 88.6 Å². The van der Waals surface area contributed by atoms with E-state index in [0.717, 1.165) is 18.4 Å². The van der Waals surface area contributed by atoms with Gasteiger partial charge in [-0.15, -0.1) is 11.3 Å². The number of nitrogens with one attached hydrogen (secondary N) is 1. The molecule has 0 radical (unpaired) electrons. The fraction of sp³-hybridized carbons (Fsp3) is 0.368. The highest BCUT2D eigenvalue weighted by Gasteiger charge is 2.23. The summed E-state index contributed by atoms with van der Waals surface area (Å²) in [4.78, 5) is 42.2. The predicted octanol–water partition coefficient (Wildman–Crippen LogP) is 2.34. The van der Waals surface area contributed by atoms with Gasteiger partial charge in [0.2, 0.25) is 5.91 Å². The summed E-state index contributed by atoms with van der Waals surface area (Å²) < 4.78 is 4.73. The number of nitrogens with zero attached hydrogens (tertiary/aromatic N) is 2. The molecule has 0 atom stereocenters. The van der Waals surface area contributed by atoms with Crippen LogP contribution < -0.4 is 5.32 Å². The fourth-order valence-corrected chi connectivity index (χ4v) is 3.82. The van der Waals surface area contributed by atoms with Gasteiger partial charge in [0.1, 0.15) is 9.88 Å². The molecule has 27 heavy (non-hydrogen) atoms. The summed E-state index contributed by atoms with van der Waals surface area (Å²) in [6, 6.07) is 7.02. The molecule has 1 aliphatic rings. The molecule has 1 N–H and O–H groups in total. The smallest absolute Gasteiger partial charge is 0.337 e. The van der Waals surface area contributed by atoms with E-state index in [-0.39, 0.29) is 17.9 Å². The van der Waals surface area contributed by atoms with Gasteiger partial charge < -0.3 is 15.0 Å². The zero-order valence-corrected chi connectivity index (χ0v) is 16.0. The standard InChI is InChI=1S/C19H21N3O4S/c1-12(23)22-8-6-15(7-9-22)21-17(24)16-11-20-18(27-16)13-4-3-5-14(10-13)19(25)26-2/h3-5,10-11,15H,6-9H2,1-2H3,(H,21,24). The number of piperidine rings is 1. The molecule has 8 heteroatoms. The minimum Gasteiger partial charge on any atom is -0.465 e. The van der Waals surface area contributed by atoms with Crippen LogP contribution in [0.1, 0.15) is 39.8 Å². The van der Waals surface area contributed by atoms with Gasteiger partial charge in [-0.25, -0.2) is 9.78 Å². The second kappa shape index (κ2) is 8.30. The Kier molecular flexibility index (Phi) is 5.85. The van der Waals surface area contributed by atoms with Crippen molar-refractivity contribution < 1.29 is 19.1 Å². The molecule has 1 fully saturated rings. The van der Waals surface area contributed by atoms with E-state index in [0.29, 0.717) is 28.5 Å². The van der Waals surface area contributed by atoms with E-state index in [1.807, 2.05) is 6.07 Å². The SMILES string of the molecule is COC(=O)c1cccc(-c2ncc(C(=O)NC3CCN(C(C)=O)CC3)s2)c1. The quantitative estimate of drug-likeness (QED) is 0.814. The summed E-state index contributed by atoms with van der Waals surface area (Å²) in [5.41, 5.74) is 1.20. The van der Waals surface area contributed by atoms with Gasteiger partial charge in [0, 0.05) is 31.6 Å². The summed E-state index contributed by atoms with van der Waals surface area (Å²) in [6.45, 7) is 2.88. The van der Waals surface area contributed by atoms with E-state index < -0.39 is 5.97 Å². The highest BCUT2D eigenvalue weighted by atomic mass is 32.1. The zero-order valence-electron chi connectivity index (χ0n) is 15.2. The molecule has 2 aromatic rings. The van der Waals surface area contributed by atoms with Crippen LogP contribution in [0, 0.1) is 0 Å². The first-order chi connectivity index (χ1) is 13.0. The molecule has 3 rings (SSSR count). The lowest BCUT2D eigenvalue weighted by Gasteiger charge is -2.31. The Labute approximate surface area is 161 Å². The second-order valence-corrected chi connectivity index (χ2v) is 7.39. The normalized spacial score (nSPS) is 14.7. The highest BCUT2D eigenvalue weighted by molar-refractivity contribution is 7.16. The summed E-state index contributed by atoms with van der Waals surface area (Å²) in [6.07, 6.45) is 3.04. The number of carbonyl (C=O) groups excluding carboxylic acids is 3. The van der Waals surface area contributed by atoms with E-state index in [2.05, 4.69) is 10.3 Å². The molecule has 7 nitrogen and oxygen atoms in total. The number of esters is 1. The molecule has 1 aromatic heterocycles. The lowest BCUT2D eigenvalue weighted by Crippen LogP contribution is -2.45. The van der Waals surface area contributed by atoms with Gasteiger partial charge in [-0.3, -0.25) is 9.59 Å². The Bertz CT molecular complexity index is 856. The number of hydrogen-bond donors (Lipinski definition) is 1. The lowest BCUT2D eigenvalue weighted by molar-refractivity contribution is -0.129. The number of carbonyl (C=O) groups is 3. The van der Waals surface area contributed by atoms with Crippen molar-refractivity contribution in [2.24, 2.45) is 0 Å². The van der Waals surface area contributed by atoms with Crippen molar-refractivity contribution in [1.29, 1.82) is 0 Å². The number of amides is 2. The minimum absolute atomic E-state index is 0.0568. The van der Waals surface area contributed by atoms with Crippen LogP contribution in [0.4, 0.5) is 0 Å². The molecule has 1 saturated heterocycles. The first-order valence-electron chi connectivity index (χ1n) is 8.69. The third kappa shape index (κ3) is 4.51. The van der Waals surface area contributed by atoms with Crippen LogP contribution in [0.25, 0.3) is 10.6 Å². The average Bonchev–Trinajstić information content (AvgIpc) is 3.18. The fourth-order valence-electron chi connectivity index (χ4n) is 3.00. The predicted molar refractivity (Wildman–Crippen MR) is 102 cm³/mol. The van der Waals surface area contributed by atoms with Crippen molar-refractivity contribution in [2.75, 3.05) is 20.2 Å². The first-order valence-corrected chi connectivity index (χ1v) is 9.50. The minimum atomic E-state index is -0.414. The van der Waals surface area contributed by atoms with Crippen molar-refractivity contribution >= 4 is 29.1 Å². The van der Waals surface area contributed by atoms with Crippen LogP contribution in [0.3, 0.4) is 0 Å². The van der Waals surface area contributed by atoms with Crippen LogP contribution in [-0.4, -0.2) is 53.9 Å². The largest absolute Gasteiger partial charge is 0.465 e. The number of benzene rings is 1. The molecular formula is C19H21N3O4S. The van der Waals surface area contributed by atoms with Gasteiger partial charge in [0.05, 0.1) is 18.9 Å². The van der Waals surface area contributed by atoms with Gasteiger partial charge in [0.25, 0.3) is 5.91 Å². The van der Waals surface area contributed by atoms with Crippen molar-refractivity contribution in [3.05, 3.63) is 40.9 Å². The molecule has 2 heterocycles. The molecule has 0 saturated carbocycles. The van der Waals surface area contributed by atoms with E-state index in [1.54, 1.807) is 36.2 Å². The van der Waals surface area contributed by atoms with Crippen LogP contribution >= 0.6 is 11.3 Å². The Morgan fingerprint density at radius 1 is 1.26 bits per heavy atom.